The lowest BCUT2D eigenvalue weighted by atomic mass is 10.3. The summed E-state index contributed by atoms with van der Waals surface area (Å²) >= 11 is 5.88. The molecule has 0 spiro atoms. The first-order chi connectivity index (χ1) is 8.97. The number of rotatable bonds is 3. The van der Waals surface area contributed by atoms with E-state index in [0.717, 1.165) is 10.8 Å². The fraction of sp³-hybridized carbons (Fsp3) is 0.333. The molecule has 19 heavy (non-hydrogen) atoms. The molecule has 102 valence electrons. The maximum atomic E-state index is 11.9. The summed E-state index contributed by atoms with van der Waals surface area (Å²) in [6.07, 6.45) is 2.22. The second-order valence-corrected chi connectivity index (χ2v) is 5.33. The molecule has 0 fully saturated rings. The van der Waals surface area contributed by atoms with E-state index in [1.54, 1.807) is 0 Å². The van der Waals surface area contributed by atoms with Crippen molar-refractivity contribution in [2.24, 2.45) is 11.4 Å². The van der Waals surface area contributed by atoms with Crippen molar-refractivity contribution in [3.63, 3.8) is 0 Å². The van der Waals surface area contributed by atoms with Crippen LogP contribution in [0.15, 0.2) is 15.7 Å². The average molecular weight is 306 g/mol. The van der Waals surface area contributed by atoms with Crippen LogP contribution in [0.3, 0.4) is 0 Å². The van der Waals surface area contributed by atoms with Gasteiger partial charge < -0.3 is 9.47 Å². The molecular formula is C9H8ClN3O5S. The van der Waals surface area contributed by atoms with E-state index in [-0.39, 0.29) is 28.1 Å². The second kappa shape index (κ2) is 5.04. The van der Waals surface area contributed by atoms with Crippen LogP contribution in [0.4, 0.5) is 0 Å². The van der Waals surface area contributed by atoms with E-state index in [1.807, 2.05) is 0 Å². The first kappa shape index (κ1) is 13.6. The summed E-state index contributed by atoms with van der Waals surface area (Å²) in [5, 5.41) is 3.31. The van der Waals surface area contributed by atoms with Gasteiger partial charge >= 0.3 is 10.0 Å². The molecule has 8 nitrogen and oxygen atoms in total. The largest absolute Gasteiger partial charge is 0.494 e. The molecule has 0 bridgehead atoms. The van der Waals surface area contributed by atoms with Crippen molar-refractivity contribution in [1.29, 1.82) is 0 Å². The zero-order valence-corrected chi connectivity index (χ0v) is 11.2. The van der Waals surface area contributed by atoms with Crippen LogP contribution in [0.2, 0.25) is 5.15 Å². The van der Waals surface area contributed by atoms with Gasteiger partial charge in [0.2, 0.25) is 0 Å². The first-order valence-electron chi connectivity index (χ1n) is 4.99. The van der Waals surface area contributed by atoms with Gasteiger partial charge in [0.1, 0.15) is 19.5 Å². The van der Waals surface area contributed by atoms with E-state index in [2.05, 4.69) is 9.50 Å². The van der Waals surface area contributed by atoms with Crippen LogP contribution >= 0.6 is 11.6 Å². The minimum Gasteiger partial charge on any atom is -0.494 e. The average Bonchev–Trinajstić information content (AvgIpc) is 2.66. The topological polar surface area (TPSA) is 99.8 Å². The van der Waals surface area contributed by atoms with Crippen LogP contribution in [0.25, 0.3) is 5.76 Å². The number of sulfonamides is 1. The molecule has 0 saturated heterocycles. The normalized spacial score (nSPS) is 14.9. The fourth-order valence-corrected chi connectivity index (χ4v) is 2.94. The Morgan fingerprint density at radius 3 is 2.84 bits per heavy atom. The summed E-state index contributed by atoms with van der Waals surface area (Å²) in [6, 6.07) is 0. The Hall–Kier alpha value is -1.83. The van der Waals surface area contributed by atoms with Gasteiger partial charge in [-0.15, -0.1) is 0 Å². The highest BCUT2D eigenvalue weighted by Crippen LogP contribution is 2.32. The number of nitrogens with zero attached hydrogens (tertiary/aromatic N) is 3. The molecule has 1 aliphatic rings. The maximum Gasteiger partial charge on any atom is 0.310 e. The van der Waals surface area contributed by atoms with Gasteiger partial charge in [-0.25, -0.2) is 4.79 Å². The number of ether oxygens (including phenoxy) is 2. The highest BCUT2D eigenvalue weighted by Gasteiger charge is 2.30. The van der Waals surface area contributed by atoms with Crippen LogP contribution < -0.4 is 0 Å². The third-order valence-electron chi connectivity index (χ3n) is 2.25. The summed E-state index contributed by atoms with van der Waals surface area (Å²) in [5.74, 6) is 0.115. The van der Waals surface area contributed by atoms with Crippen molar-refractivity contribution in [2.45, 2.75) is 5.03 Å². The summed E-state index contributed by atoms with van der Waals surface area (Å²) in [7, 11) is -2.91. The number of aryl methyl sites for hydroxylation is 1. The molecule has 0 aromatic carbocycles. The van der Waals surface area contributed by atoms with Gasteiger partial charge in [-0.05, 0) is 0 Å². The number of hydrogen-bond acceptors (Lipinski definition) is 6. The van der Waals surface area contributed by atoms with Crippen molar-refractivity contribution >= 4 is 33.5 Å². The molecule has 1 aliphatic heterocycles. The molecular weight excluding hydrogens is 298 g/mol. The number of aromatic nitrogens is 2. The van der Waals surface area contributed by atoms with Crippen molar-refractivity contribution in [2.75, 3.05) is 13.2 Å². The molecule has 2 heterocycles. The third kappa shape index (κ3) is 2.48. The van der Waals surface area contributed by atoms with Crippen molar-refractivity contribution in [1.82, 2.24) is 9.78 Å². The smallest absolute Gasteiger partial charge is 0.310 e. The molecule has 0 atom stereocenters. The van der Waals surface area contributed by atoms with Gasteiger partial charge in [-0.2, -0.15) is 13.5 Å². The van der Waals surface area contributed by atoms with Crippen LogP contribution in [0.5, 0.6) is 0 Å². The maximum absolute atomic E-state index is 11.9. The predicted molar refractivity (Wildman–Crippen MR) is 63.4 cm³/mol. The van der Waals surface area contributed by atoms with Gasteiger partial charge in [-0.1, -0.05) is 16.0 Å². The fourth-order valence-electron chi connectivity index (χ4n) is 1.57. The zero-order chi connectivity index (χ0) is 14.0. The summed E-state index contributed by atoms with van der Waals surface area (Å²) in [5.41, 5.74) is 0.00265. The Morgan fingerprint density at radius 2 is 2.26 bits per heavy atom. The van der Waals surface area contributed by atoms with Crippen LogP contribution in [-0.4, -0.2) is 37.5 Å². The standard InChI is InChI=1S/C9H8ClN3O5S/c1-13-9(19(15,16)11-5-14)7(8(10)12-13)6-4-17-2-3-18-6/h4H,2-3H2,1H3. The van der Waals surface area contributed by atoms with Gasteiger partial charge in [0.15, 0.2) is 15.9 Å². The molecule has 0 unspecified atom stereocenters. The van der Waals surface area contributed by atoms with Gasteiger partial charge in [-0.3, -0.25) is 4.68 Å². The van der Waals surface area contributed by atoms with Crippen LogP contribution in [0, 0.1) is 0 Å². The molecule has 0 aliphatic carbocycles. The molecule has 0 radical (unpaired) electrons. The highest BCUT2D eigenvalue weighted by molar-refractivity contribution is 7.90. The quantitative estimate of drug-likeness (QED) is 0.593. The Labute approximate surface area is 113 Å². The second-order valence-electron chi connectivity index (χ2n) is 3.45. The summed E-state index contributed by atoms with van der Waals surface area (Å²) < 4.78 is 37.8. The first-order valence-corrected chi connectivity index (χ1v) is 6.81. The number of halogens is 1. The zero-order valence-electron chi connectivity index (χ0n) is 9.66. The lowest BCUT2D eigenvalue weighted by Gasteiger charge is -2.15. The SMILES string of the molecule is Cn1nc(Cl)c(C2=COCCO2)c1S(=O)(=O)N=C=O. The van der Waals surface area contributed by atoms with Crippen LogP contribution in [-0.2, 0) is 31.3 Å². The number of isocyanates is 1. The van der Waals surface area contributed by atoms with Crippen LogP contribution in [0.1, 0.15) is 5.56 Å². The van der Waals surface area contributed by atoms with E-state index < -0.39 is 10.0 Å². The lowest BCUT2D eigenvalue weighted by molar-refractivity contribution is 0.125. The number of hydrogen-bond donors (Lipinski definition) is 0. The molecule has 1 aromatic heterocycles. The molecule has 2 rings (SSSR count). The van der Waals surface area contributed by atoms with Crippen molar-refractivity contribution < 1.29 is 22.7 Å². The van der Waals surface area contributed by atoms with E-state index in [0.29, 0.717) is 6.61 Å². The van der Waals surface area contributed by atoms with E-state index in [9.17, 15) is 13.2 Å². The minimum atomic E-state index is -4.26. The molecule has 0 amide bonds. The number of carbonyl (C=O) groups excluding carboxylic acids is 1. The van der Waals surface area contributed by atoms with Gasteiger partial charge in [0.05, 0.1) is 5.56 Å². The molecule has 0 N–H and O–H groups in total. The Bertz CT molecular complexity index is 687. The Kier molecular flexibility index (Phi) is 3.61. The highest BCUT2D eigenvalue weighted by atomic mass is 35.5. The Balaban J connectivity index is 2.68. The van der Waals surface area contributed by atoms with E-state index in [1.165, 1.54) is 13.3 Å². The molecule has 0 saturated carbocycles. The summed E-state index contributed by atoms with van der Waals surface area (Å²) in [4.78, 5) is 10.2. The third-order valence-corrected chi connectivity index (χ3v) is 3.79. The Morgan fingerprint density at radius 1 is 1.53 bits per heavy atom. The molecule has 1 aromatic rings. The van der Waals surface area contributed by atoms with Crippen molar-refractivity contribution in [3.8, 4) is 0 Å². The lowest BCUT2D eigenvalue weighted by Crippen LogP contribution is -2.11. The van der Waals surface area contributed by atoms with Gasteiger partial charge in [0.25, 0.3) is 6.08 Å². The van der Waals surface area contributed by atoms with E-state index >= 15 is 0 Å². The van der Waals surface area contributed by atoms with E-state index in [4.69, 9.17) is 21.1 Å². The monoisotopic (exact) mass is 305 g/mol. The van der Waals surface area contributed by atoms with Gasteiger partial charge in [0, 0.05) is 7.05 Å². The predicted octanol–water partition coefficient (Wildman–Crippen LogP) is 0.443. The minimum absolute atomic E-state index is 0.00265. The van der Waals surface area contributed by atoms with Crippen molar-refractivity contribution in [3.05, 3.63) is 17.0 Å². The molecule has 10 heteroatoms. The summed E-state index contributed by atoms with van der Waals surface area (Å²) in [6.45, 7) is 0.587.